The normalized spacial score (nSPS) is 21.3. The molecule has 1 rings (SSSR count). The molecule has 1 aromatic heterocycles. The van der Waals surface area contributed by atoms with Crippen molar-refractivity contribution < 1.29 is 51.1 Å². The summed E-state index contributed by atoms with van der Waals surface area (Å²) in [7, 11) is 0. The summed E-state index contributed by atoms with van der Waals surface area (Å²) in [6.07, 6.45) is -12.9. The molecule has 8 atom stereocenters. The van der Waals surface area contributed by atoms with E-state index < -0.39 is 62.0 Å². The summed E-state index contributed by atoms with van der Waals surface area (Å²) < 4.78 is 0. The molecule has 0 spiro atoms. The van der Waals surface area contributed by atoms with Crippen LogP contribution in [0, 0.1) is 0 Å². The van der Waals surface area contributed by atoms with Gasteiger partial charge in [0.15, 0.2) is 0 Å². The summed E-state index contributed by atoms with van der Waals surface area (Å²) in [5, 5.41) is 95.0. The highest BCUT2D eigenvalue weighted by Crippen LogP contribution is 2.22. The fourth-order valence-electron chi connectivity index (χ4n) is 2.08. The van der Waals surface area contributed by atoms with Gasteiger partial charge in [-0.1, -0.05) is 0 Å². The van der Waals surface area contributed by atoms with E-state index in [1.54, 1.807) is 0 Å². The minimum atomic E-state index is -1.95. The Morgan fingerprint density at radius 2 is 0.962 bits per heavy atom. The maximum Gasteiger partial charge on any atom is 0.126 e. The SMILES string of the molecule is OCC(O)C(O)C(O)C(O)c1cncc(C(O)C(O)C(O)C(O)CO)n1. The van der Waals surface area contributed by atoms with E-state index in [9.17, 15) is 40.9 Å². The van der Waals surface area contributed by atoms with Gasteiger partial charge in [-0.2, -0.15) is 0 Å². The largest absolute Gasteiger partial charge is 0.394 e. The van der Waals surface area contributed by atoms with E-state index in [1.165, 1.54) is 0 Å². The van der Waals surface area contributed by atoms with Crippen molar-refractivity contribution in [3.05, 3.63) is 23.8 Å². The molecule has 1 heterocycles. The van der Waals surface area contributed by atoms with Gasteiger partial charge in [-0.15, -0.1) is 0 Å². The second-order valence-corrected chi connectivity index (χ2v) is 5.72. The van der Waals surface area contributed by atoms with Crippen LogP contribution in [0.3, 0.4) is 0 Å². The first kappa shape index (κ1) is 22.7. The van der Waals surface area contributed by atoms with E-state index >= 15 is 0 Å². The Kier molecular flexibility index (Phi) is 8.85. The summed E-state index contributed by atoms with van der Waals surface area (Å²) in [4.78, 5) is 7.41. The first-order valence-corrected chi connectivity index (χ1v) is 7.63. The van der Waals surface area contributed by atoms with Crippen LogP contribution in [0.5, 0.6) is 0 Å². The number of aromatic nitrogens is 2. The van der Waals surface area contributed by atoms with Crippen LogP contribution < -0.4 is 0 Å². The van der Waals surface area contributed by atoms with E-state index in [2.05, 4.69) is 9.97 Å². The molecule has 0 amide bonds. The van der Waals surface area contributed by atoms with Gasteiger partial charge in [0.25, 0.3) is 0 Å². The van der Waals surface area contributed by atoms with Crippen LogP contribution in [0.4, 0.5) is 0 Å². The number of rotatable bonds is 10. The Morgan fingerprint density at radius 1 is 0.615 bits per heavy atom. The van der Waals surface area contributed by atoms with Crippen molar-refractivity contribution in [1.29, 1.82) is 0 Å². The molecule has 1 aromatic rings. The fourth-order valence-corrected chi connectivity index (χ4v) is 2.08. The highest BCUT2D eigenvalue weighted by molar-refractivity contribution is 5.11. The lowest BCUT2D eigenvalue weighted by Gasteiger charge is -2.27. The second kappa shape index (κ2) is 10.1. The maximum atomic E-state index is 10.0. The predicted molar refractivity (Wildman–Crippen MR) is 82.2 cm³/mol. The lowest BCUT2D eigenvalue weighted by molar-refractivity contribution is -0.119. The first-order chi connectivity index (χ1) is 12.1. The van der Waals surface area contributed by atoms with Crippen molar-refractivity contribution in [3.8, 4) is 0 Å². The van der Waals surface area contributed by atoms with Gasteiger partial charge in [-0.05, 0) is 0 Å². The quantitative estimate of drug-likeness (QED) is 0.183. The standard InChI is InChI=1S/C14H24N2O10/c17-3-7(19)11(23)13(25)9(21)5-1-15-2-6(16-5)10(22)14(26)12(24)8(20)4-18/h1-2,7-14,17-26H,3-4H2. The molecule has 150 valence electrons. The summed E-state index contributed by atoms with van der Waals surface area (Å²) in [6, 6.07) is 0. The molecule has 0 aliphatic carbocycles. The van der Waals surface area contributed by atoms with Gasteiger partial charge in [-0.25, -0.2) is 4.98 Å². The van der Waals surface area contributed by atoms with Gasteiger partial charge < -0.3 is 51.1 Å². The van der Waals surface area contributed by atoms with Crippen LogP contribution in [0.2, 0.25) is 0 Å². The smallest absolute Gasteiger partial charge is 0.126 e. The predicted octanol–water partition coefficient (Wildman–Crippen LogP) is -5.31. The van der Waals surface area contributed by atoms with E-state index in [4.69, 9.17) is 10.2 Å². The van der Waals surface area contributed by atoms with Crippen molar-refractivity contribution in [2.45, 2.75) is 48.8 Å². The molecule has 0 saturated carbocycles. The van der Waals surface area contributed by atoms with E-state index in [0.29, 0.717) is 0 Å². The van der Waals surface area contributed by atoms with Crippen LogP contribution in [0.1, 0.15) is 23.6 Å². The maximum absolute atomic E-state index is 10.0. The summed E-state index contributed by atoms with van der Waals surface area (Å²) >= 11 is 0. The number of aliphatic hydroxyl groups excluding tert-OH is 10. The van der Waals surface area contributed by atoms with Gasteiger partial charge >= 0.3 is 0 Å². The van der Waals surface area contributed by atoms with Gasteiger partial charge in [0, 0.05) is 0 Å². The Labute approximate surface area is 147 Å². The number of hydrogen-bond donors (Lipinski definition) is 10. The van der Waals surface area contributed by atoms with Crippen LogP contribution >= 0.6 is 0 Å². The first-order valence-electron chi connectivity index (χ1n) is 7.63. The van der Waals surface area contributed by atoms with Crippen molar-refractivity contribution >= 4 is 0 Å². The van der Waals surface area contributed by atoms with Crippen molar-refractivity contribution in [1.82, 2.24) is 9.97 Å². The van der Waals surface area contributed by atoms with E-state index in [1.807, 2.05) is 0 Å². The minimum Gasteiger partial charge on any atom is -0.394 e. The number of nitrogens with zero attached hydrogens (tertiary/aromatic N) is 2. The molecule has 0 saturated heterocycles. The van der Waals surface area contributed by atoms with Crippen LogP contribution in [0.25, 0.3) is 0 Å². The molecule has 0 aliphatic heterocycles. The molecule has 12 nitrogen and oxygen atoms in total. The van der Waals surface area contributed by atoms with E-state index in [0.717, 1.165) is 12.4 Å². The number of aliphatic hydroxyl groups is 10. The molecule has 0 bridgehead atoms. The highest BCUT2D eigenvalue weighted by Gasteiger charge is 2.34. The zero-order valence-corrected chi connectivity index (χ0v) is 13.6. The monoisotopic (exact) mass is 380 g/mol. The third kappa shape index (κ3) is 5.34. The highest BCUT2D eigenvalue weighted by atomic mass is 16.4. The molecule has 12 heteroatoms. The summed E-state index contributed by atoms with van der Waals surface area (Å²) in [6.45, 7) is -1.74. The average molecular weight is 380 g/mol. The summed E-state index contributed by atoms with van der Waals surface area (Å²) in [5.41, 5.74) is -0.690. The topological polar surface area (TPSA) is 228 Å². The Hall–Kier alpha value is -1.32. The Morgan fingerprint density at radius 3 is 1.27 bits per heavy atom. The van der Waals surface area contributed by atoms with Gasteiger partial charge in [0.2, 0.25) is 0 Å². The summed E-state index contributed by atoms with van der Waals surface area (Å²) in [5.74, 6) is 0. The van der Waals surface area contributed by atoms with Crippen LogP contribution in [-0.2, 0) is 0 Å². The van der Waals surface area contributed by atoms with Crippen molar-refractivity contribution in [3.63, 3.8) is 0 Å². The average Bonchev–Trinajstić information content (AvgIpc) is 2.68. The van der Waals surface area contributed by atoms with Crippen LogP contribution in [0.15, 0.2) is 12.4 Å². The van der Waals surface area contributed by atoms with E-state index in [-0.39, 0.29) is 11.4 Å². The lowest BCUT2D eigenvalue weighted by Crippen LogP contribution is -2.43. The Bertz CT molecular complexity index is 507. The molecule has 10 N–H and O–H groups in total. The zero-order chi connectivity index (χ0) is 20.0. The van der Waals surface area contributed by atoms with Gasteiger partial charge in [0.05, 0.1) is 37.0 Å². The fraction of sp³-hybridized carbons (Fsp3) is 0.714. The lowest BCUT2D eigenvalue weighted by atomic mass is 10.00. The van der Waals surface area contributed by atoms with Crippen molar-refractivity contribution in [2.75, 3.05) is 13.2 Å². The number of hydrogen-bond acceptors (Lipinski definition) is 12. The van der Waals surface area contributed by atoms with Crippen LogP contribution in [-0.4, -0.2) is 111 Å². The molecular weight excluding hydrogens is 356 g/mol. The van der Waals surface area contributed by atoms with Gasteiger partial charge in [-0.3, -0.25) is 4.98 Å². The second-order valence-electron chi connectivity index (χ2n) is 5.72. The minimum absolute atomic E-state index is 0.345. The third-order valence-corrected chi connectivity index (χ3v) is 3.79. The Balaban J connectivity index is 2.96. The molecular formula is C14H24N2O10. The molecule has 0 aliphatic rings. The third-order valence-electron chi connectivity index (χ3n) is 3.79. The zero-order valence-electron chi connectivity index (χ0n) is 13.6. The molecule has 0 fully saturated rings. The van der Waals surface area contributed by atoms with Crippen molar-refractivity contribution in [2.24, 2.45) is 0 Å². The molecule has 26 heavy (non-hydrogen) atoms. The molecule has 0 aromatic carbocycles. The molecule has 0 radical (unpaired) electrons. The van der Waals surface area contributed by atoms with Gasteiger partial charge in [0.1, 0.15) is 48.8 Å². The molecule has 8 unspecified atom stereocenters.